The SMILES string of the molecule is CCOC(=O)N1CCN(C(=O)COC(=O)c2cc3ccccc3cc2O)CC1. The van der Waals surface area contributed by atoms with Gasteiger partial charge in [0.05, 0.1) is 6.61 Å². The molecular weight excluding hydrogens is 364 g/mol. The molecule has 1 heterocycles. The van der Waals surface area contributed by atoms with Gasteiger partial charge in [-0.25, -0.2) is 9.59 Å². The van der Waals surface area contributed by atoms with Gasteiger partial charge in [0.1, 0.15) is 11.3 Å². The van der Waals surface area contributed by atoms with Gasteiger partial charge in [0.25, 0.3) is 5.91 Å². The Labute approximate surface area is 162 Å². The Morgan fingerprint density at radius 3 is 2.21 bits per heavy atom. The fourth-order valence-corrected chi connectivity index (χ4v) is 3.04. The number of hydrogen-bond donors (Lipinski definition) is 1. The first-order valence-electron chi connectivity index (χ1n) is 9.08. The van der Waals surface area contributed by atoms with Gasteiger partial charge in [-0.1, -0.05) is 24.3 Å². The van der Waals surface area contributed by atoms with E-state index in [1.807, 2.05) is 24.3 Å². The van der Waals surface area contributed by atoms with Crippen LogP contribution in [0.1, 0.15) is 17.3 Å². The molecule has 0 aliphatic carbocycles. The molecule has 0 radical (unpaired) electrons. The Hall–Kier alpha value is -3.29. The molecule has 0 saturated carbocycles. The molecule has 2 amide bonds. The zero-order valence-electron chi connectivity index (χ0n) is 15.6. The molecule has 0 unspecified atom stereocenters. The average Bonchev–Trinajstić information content (AvgIpc) is 2.71. The van der Waals surface area contributed by atoms with E-state index >= 15 is 0 Å². The number of fused-ring (bicyclic) bond motifs is 1. The number of nitrogens with zero attached hydrogens (tertiary/aromatic N) is 2. The molecule has 28 heavy (non-hydrogen) atoms. The Morgan fingerprint density at radius 1 is 0.964 bits per heavy atom. The summed E-state index contributed by atoms with van der Waals surface area (Å²) in [6, 6.07) is 10.3. The number of phenolic OH excluding ortho intramolecular Hbond substituents is 1. The van der Waals surface area contributed by atoms with Crippen LogP contribution in [0.2, 0.25) is 0 Å². The van der Waals surface area contributed by atoms with Crippen molar-refractivity contribution < 1.29 is 29.0 Å². The second-order valence-electron chi connectivity index (χ2n) is 6.36. The van der Waals surface area contributed by atoms with Gasteiger partial charge in [-0.05, 0) is 29.8 Å². The highest BCUT2D eigenvalue weighted by Gasteiger charge is 2.25. The van der Waals surface area contributed by atoms with Crippen LogP contribution in [0.3, 0.4) is 0 Å². The normalized spacial score (nSPS) is 14.0. The maximum atomic E-state index is 12.3. The van der Waals surface area contributed by atoms with E-state index in [2.05, 4.69) is 0 Å². The molecule has 0 spiro atoms. The first-order valence-corrected chi connectivity index (χ1v) is 9.08. The van der Waals surface area contributed by atoms with Crippen molar-refractivity contribution in [2.45, 2.75) is 6.92 Å². The molecule has 1 saturated heterocycles. The number of carbonyl (C=O) groups excluding carboxylic acids is 3. The molecule has 2 aromatic carbocycles. The molecule has 0 atom stereocenters. The number of hydrogen-bond acceptors (Lipinski definition) is 6. The number of piperazine rings is 1. The number of esters is 1. The number of rotatable bonds is 4. The number of amides is 2. The summed E-state index contributed by atoms with van der Waals surface area (Å²) in [5, 5.41) is 11.7. The molecule has 148 valence electrons. The van der Waals surface area contributed by atoms with Crippen LogP contribution >= 0.6 is 0 Å². The third kappa shape index (κ3) is 4.33. The molecule has 1 aliphatic rings. The predicted octanol–water partition coefficient (Wildman–Crippen LogP) is 2.00. The highest BCUT2D eigenvalue weighted by molar-refractivity contribution is 5.99. The standard InChI is InChI=1S/C20H22N2O6/c1-2-27-20(26)22-9-7-21(8-10-22)18(24)13-28-19(25)16-11-14-5-3-4-6-15(14)12-17(16)23/h3-6,11-12,23H,2,7-10,13H2,1H3. The Morgan fingerprint density at radius 2 is 1.57 bits per heavy atom. The summed E-state index contributed by atoms with van der Waals surface area (Å²) >= 11 is 0. The zero-order valence-corrected chi connectivity index (χ0v) is 15.6. The molecule has 8 nitrogen and oxygen atoms in total. The fourth-order valence-electron chi connectivity index (χ4n) is 3.04. The Bertz CT molecular complexity index is 889. The molecule has 2 aromatic rings. The molecule has 1 N–H and O–H groups in total. The molecular formula is C20H22N2O6. The number of aromatic hydroxyl groups is 1. The highest BCUT2D eigenvalue weighted by atomic mass is 16.6. The van der Waals surface area contributed by atoms with Gasteiger partial charge in [-0.2, -0.15) is 0 Å². The predicted molar refractivity (Wildman–Crippen MR) is 101 cm³/mol. The molecule has 8 heteroatoms. The summed E-state index contributed by atoms with van der Waals surface area (Å²) < 4.78 is 10.0. The molecule has 1 aliphatic heterocycles. The van der Waals surface area contributed by atoms with Gasteiger partial charge in [0.15, 0.2) is 6.61 Å². The van der Waals surface area contributed by atoms with Crippen LogP contribution in [0, 0.1) is 0 Å². The van der Waals surface area contributed by atoms with Crippen LogP contribution in [-0.4, -0.2) is 72.3 Å². The minimum Gasteiger partial charge on any atom is -0.507 e. The van der Waals surface area contributed by atoms with E-state index in [0.717, 1.165) is 10.8 Å². The van der Waals surface area contributed by atoms with Crippen molar-refractivity contribution in [1.82, 2.24) is 9.80 Å². The van der Waals surface area contributed by atoms with Crippen molar-refractivity contribution in [1.29, 1.82) is 0 Å². The van der Waals surface area contributed by atoms with E-state index in [0.29, 0.717) is 32.8 Å². The lowest BCUT2D eigenvalue weighted by Gasteiger charge is -2.33. The summed E-state index contributed by atoms with van der Waals surface area (Å²) in [6.45, 7) is 3.03. The van der Waals surface area contributed by atoms with Crippen LogP contribution in [0.5, 0.6) is 5.75 Å². The second-order valence-corrected chi connectivity index (χ2v) is 6.36. The van der Waals surface area contributed by atoms with Gasteiger partial charge >= 0.3 is 12.1 Å². The maximum absolute atomic E-state index is 12.3. The van der Waals surface area contributed by atoms with Crippen molar-refractivity contribution in [3.05, 3.63) is 42.0 Å². The second kappa shape index (κ2) is 8.60. The quantitative estimate of drug-likeness (QED) is 0.808. The molecule has 0 aromatic heterocycles. The van der Waals surface area contributed by atoms with Gasteiger partial charge < -0.3 is 24.4 Å². The molecule has 3 rings (SSSR count). The van der Waals surface area contributed by atoms with E-state index < -0.39 is 18.7 Å². The number of benzene rings is 2. The van der Waals surface area contributed by atoms with Gasteiger partial charge in [-0.15, -0.1) is 0 Å². The third-order valence-corrected chi connectivity index (χ3v) is 4.57. The summed E-state index contributed by atoms with van der Waals surface area (Å²) in [6.07, 6.45) is -0.396. The number of ether oxygens (including phenoxy) is 2. The molecule has 0 bridgehead atoms. The van der Waals surface area contributed by atoms with Crippen LogP contribution in [-0.2, 0) is 14.3 Å². The topological polar surface area (TPSA) is 96.4 Å². The maximum Gasteiger partial charge on any atom is 0.409 e. The van der Waals surface area contributed by atoms with Gasteiger partial charge in [-0.3, -0.25) is 4.79 Å². The fraction of sp³-hybridized carbons (Fsp3) is 0.350. The van der Waals surface area contributed by atoms with Crippen LogP contribution < -0.4 is 0 Å². The number of phenols is 1. The largest absolute Gasteiger partial charge is 0.507 e. The van der Waals surface area contributed by atoms with E-state index in [9.17, 15) is 19.5 Å². The van der Waals surface area contributed by atoms with Crippen LogP contribution in [0.15, 0.2) is 36.4 Å². The zero-order chi connectivity index (χ0) is 20.1. The molecule has 1 fully saturated rings. The lowest BCUT2D eigenvalue weighted by atomic mass is 10.1. The highest BCUT2D eigenvalue weighted by Crippen LogP contribution is 2.25. The van der Waals surface area contributed by atoms with E-state index in [4.69, 9.17) is 9.47 Å². The smallest absolute Gasteiger partial charge is 0.409 e. The Kier molecular flexibility index (Phi) is 5.98. The lowest BCUT2D eigenvalue weighted by molar-refractivity contribution is -0.136. The minimum absolute atomic E-state index is 0.0126. The van der Waals surface area contributed by atoms with E-state index in [-0.39, 0.29) is 17.2 Å². The lowest BCUT2D eigenvalue weighted by Crippen LogP contribution is -2.51. The monoisotopic (exact) mass is 386 g/mol. The minimum atomic E-state index is -0.762. The van der Waals surface area contributed by atoms with Crippen molar-refractivity contribution in [3.63, 3.8) is 0 Å². The average molecular weight is 386 g/mol. The van der Waals surface area contributed by atoms with Crippen molar-refractivity contribution in [2.75, 3.05) is 39.4 Å². The first-order chi connectivity index (χ1) is 13.5. The van der Waals surface area contributed by atoms with Gasteiger partial charge in [0, 0.05) is 26.2 Å². The number of carbonyl (C=O) groups is 3. The first kappa shape index (κ1) is 19.5. The van der Waals surface area contributed by atoms with Gasteiger partial charge in [0.2, 0.25) is 0 Å². The van der Waals surface area contributed by atoms with Crippen molar-refractivity contribution >= 4 is 28.7 Å². The summed E-state index contributed by atoms with van der Waals surface area (Å²) in [5.74, 6) is -1.31. The van der Waals surface area contributed by atoms with E-state index in [1.54, 1.807) is 6.92 Å². The Balaban J connectivity index is 1.54. The van der Waals surface area contributed by atoms with Crippen LogP contribution in [0.25, 0.3) is 10.8 Å². The third-order valence-electron chi connectivity index (χ3n) is 4.57. The van der Waals surface area contributed by atoms with Crippen LogP contribution in [0.4, 0.5) is 4.79 Å². The summed E-state index contributed by atoms with van der Waals surface area (Å²) in [7, 11) is 0. The summed E-state index contributed by atoms with van der Waals surface area (Å²) in [4.78, 5) is 39.3. The van der Waals surface area contributed by atoms with Crippen molar-refractivity contribution in [2.24, 2.45) is 0 Å². The van der Waals surface area contributed by atoms with E-state index in [1.165, 1.54) is 21.9 Å². The van der Waals surface area contributed by atoms with Crippen molar-refractivity contribution in [3.8, 4) is 5.75 Å². The summed E-state index contributed by atoms with van der Waals surface area (Å²) in [5.41, 5.74) is 0.0126.